The molecule has 3 heterocycles. The van der Waals surface area contributed by atoms with E-state index >= 15 is 0 Å². The van der Waals surface area contributed by atoms with Crippen LogP contribution < -0.4 is 5.32 Å². The summed E-state index contributed by atoms with van der Waals surface area (Å²) in [5.74, 6) is -1.25. The number of aromatic nitrogens is 1. The van der Waals surface area contributed by atoms with E-state index in [1.54, 1.807) is 12.3 Å². The first-order valence-electron chi connectivity index (χ1n) is 8.32. The minimum absolute atomic E-state index is 0.187. The highest BCUT2D eigenvalue weighted by Gasteiger charge is 2.47. The Labute approximate surface area is 170 Å². The molecule has 28 heavy (non-hydrogen) atoms. The van der Waals surface area contributed by atoms with Gasteiger partial charge in [-0.1, -0.05) is 18.2 Å². The lowest BCUT2D eigenvalue weighted by Gasteiger charge is -2.41. The summed E-state index contributed by atoms with van der Waals surface area (Å²) in [5.41, 5.74) is 1.08. The van der Waals surface area contributed by atoms with E-state index in [1.165, 1.54) is 34.1 Å². The molecular formula is C18H17N3O4S3. The number of hydrogen-bond donors (Lipinski definition) is 2. The fourth-order valence-corrected chi connectivity index (χ4v) is 6.77. The maximum Gasteiger partial charge on any atom is 0.347 e. The van der Waals surface area contributed by atoms with Gasteiger partial charge < -0.3 is 10.4 Å². The highest BCUT2D eigenvalue weighted by atomic mass is 32.2. The molecule has 4 rings (SSSR count). The van der Waals surface area contributed by atoms with Crippen LogP contribution in [0.5, 0.6) is 0 Å². The van der Waals surface area contributed by atoms with E-state index < -0.39 is 27.6 Å². The third-order valence-corrected chi connectivity index (χ3v) is 8.71. The van der Waals surface area contributed by atoms with E-state index in [-0.39, 0.29) is 9.77 Å². The van der Waals surface area contributed by atoms with Gasteiger partial charge in [0.2, 0.25) is 10.0 Å². The Bertz CT molecular complexity index is 1130. The number of rotatable bonds is 5. The predicted molar refractivity (Wildman–Crippen MR) is 109 cm³/mol. The fraction of sp³-hybridized carbons (Fsp3) is 0.222. The molecule has 0 radical (unpaired) electrons. The van der Waals surface area contributed by atoms with Gasteiger partial charge in [-0.15, -0.1) is 22.7 Å². The van der Waals surface area contributed by atoms with Crippen molar-refractivity contribution in [2.45, 2.75) is 23.4 Å². The number of carboxylic acid groups (broad SMARTS) is 1. The van der Waals surface area contributed by atoms with Crippen molar-refractivity contribution in [3.05, 3.63) is 62.8 Å². The van der Waals surface area contributed by atoms with Gasteiger partial charge in [-0.3, -0.25) is 0 Å². The van der Waals surface area contributed by atoms with Crippen molar-refractivity contribution >= 4 is 44.4 Å². The van der Waals surface area contributed by atoms with Crippen molar-refractivity contribution in [3.8, 4) is 0 Å². The summed E-state index contributed by atoms with van der Waals surface area (Å²) in [5, 5.41) is 16.9. The van der Waals surface area contributed by atoms with Gasteiger partial charge in [0.15, 0.2) is 0 Å². The SMILES string of the molecule is CN(C1C=CC=C2C=C(c3nccs3)NC21C)S(=O)(=O)c1ccsc1C(=O)O. The summed E-state index contributed by atoms with van der Waals surface area (Å²) < 4.78 is 27.7. The number of nitrogens with one attached hydrogen (secondary N) is 1. The first kappa shape index (κ1) is 19.1. The number of fused-ring (bicyclic) bond motifs is 1. The Morgan fingerprint density at radius 2 is 2.14 bits per heavy atom. The molecule has 0 saturated heterocycles. The second kappa shape index (κ2) is 6.66. The summed E-state index contributed by atoms with van der Waals surface area (Å²) in [6.07, 6.45) is 9.26. The minimum Gasteiger partial charge on any atom is -0.477 e. The van der Waals surface area contributed by atoms with Crippen LogP contribution in [-0.2, 0) is 10.0 Å². The number of thiophene rings is 1. The van der Waals surface area contributed by atoms with Crippen LogP contribution in [-0.4, -0.2) is 47.4 Å². The molecule has 0 saturated carbocycles. The zero-order chi connectivity index (χ0) is 20.1. The molecule has 2 aromatic rings. The van der Waals surface area contributed by atoms with Gasteiger partial charge in [-0.2, -0.15) is 4.31 Å². The number of aromatic carboxylic acids is 1. The predicted octanol–water partition coefficient (Wildman–Crippen LogP) is 2.79. The Morgan fingerprint density at radius 3 is 2.82 bits per heavy atom. The van der Waals surface area contributed by atoms with Gasteiger partial charge in [0.1, 0.15) is 14.8 Å². The summed E-state index contributed by atoms with van der Waals surface area (Å²) in [6.45, 7) is 1.93. The first-order chi connectivity index (χ1) is 13.2. The normalized spacial score (nSPS) is 23.9. The molecule has 10 heteroatoms. The fourth-order valence-electron chi connectivity index (χ4n) is 3.53. The lowest BCUT2D eigenvalue weighted by atomic mass is 9.82. The molecule has 0 aromatic carbocycles. The van der Waals surface area contributed by atoms with E-state index in [1.807, 2.05) is 30.5 Å². The molecule has 1 aliphatic heterocycles. The summed E-state index contributed by atoms with van der Waals surface area (Å²) in [6, 6.07) is 0.792. The van der Waals surface area contributed by atoms with Crippen LogP contribution in [0.1, 0.15) is 21.6 Å². The number of carbonyl (C=O) groups is 1. The second-order valence-corrected chi connectivity index (χ2v) is 10.4. The van der Waals surface area contributed by atoms with Gasteiger partial charge in [0.25, 0.3) is 0 Å². The van der Waals surface area contributed by atoms with Crippen molar-refractivity contribution in [2.24, 2.45) is 0 Å². The zero-order valence-corrected chi connectivity index (χ0v) is 17.4. The first-order valence-corrected chi connectivity index (χ1v) is 11.5. The maximum atomic E-state index is 13.2. The van der Waals surface area contributed by atoms with Crippen LogP contribution in [0.3, 0.4) is 0 Å². The maximum absolute atomic E-state index is 13.2. The quantitative estimate of drug-likeness (QED) is 0.749. The number of carboxylic acids is 1. The Balaban J connectivity index is 1.70. The standard InChI is InChI=1S/C18H17N3O4S3/c1-18-11(10-12(20-18)16-19-7-9-27-16)4-3-5-14(18)21(2)28(24,25)13-6-8-26-15(13)17(22)23/h3-10,14,20H,1-2H3,(H,22,23). The molecular weight excluding hydrogens is 418 g/mol. The molecule has 0 amide bonds. The molecule has 146 valence electrons. The topological polar surface area (TPSA) is 99.6 Å². The van der Waals surface area contributed by atoms with Crippen molar-refractivity contribution in [1.82, 2.24) is 14.6 Å². The average molecular weight is 436 g/mol. The van der Waals surface area contributed by atoms with E-state index in [9.17, 15) is 18.3 Å². The molecule has 2 unspecified atom stereocenters. The minimum atomic E-state index is -4.01. The number of nitrogens with zero attached hydrogens (tertiary/aromatic N) is 2. The lowest BCUT2D eigenvalue weighted by Crippen LogP contribution is -2.57. The van der Waals surface area contributed by atoms with Crippen LogP contribution >= 0.6 is 22.7 Å². The Kier molecular flexibility index (Phi) is 4.53. The number of thiazole rings is 1. The number of allylic oxidation sites excluding steroid dienone is 2. The van der Waals surface area contributed by atoms with Crippen LogP contribution in [0, 0.1) is 0 Å². The smallest absolute Gasteiger partial charge is 0.347 e. The van der Waals surface area contributed by atoms with Crippen LogP contribution in [0.4, 0.5) is 0 Å². The molecule has 2 N–H and O–H groups in total. The third-order valence-electron chi connectivity index (χ3n) is 4.99. The number of sulfonamides is 1. The van der Waals surface area contributed by atoms with E-state index in [0.717, 1.165) is 27.6 Å². The molecule has 7 nitrogen and oxygen atoms in total. The molecule has 2 atom stereocenters. The largest absolute Gasteiger partial charge is 0.477 e. The zero-order valence-electron chi connectivity index (χ0n) is 15.0. The lowest BCUT2D eigenvalue weighted by molar-refractivity contribution is 0.0698. The Morgan fingerprint density at radius 1 is 1.36 bits per heavy atom. The van der Waals surface area contributed by atoms with Crippen molar-refractivity contribution in [1.29, 1.82) is 0 Å². The van der Waals surface area contributed by atoms with Gasteiger partial charge in [0.05, 0.1) is 17.3 Å². The monoisotopic (exact) mass is 435 g/mol. The van der Waals surface area contributed by atoms with Crippen molar-refractivity contribution in [3.63, 3.8) is 0 Å². The van der Waals surface area contributed by atoms with E-state index in [0.29, 0.717) is 0 Å². The number of hydrogen-bond acceptors (Lipinski definition) is 7. The molecule has 0 bridgehead atoms. The van der Waals surface area contributed by atoms with Crippen molar-refractivity contribution < 1.29 is 18.3 Å². The molecule has 2 aromatic heterocycles. The van der Waals surface area contributed by atoms with Gasteiger partial charge >= 0.3 is 5.97 Å². The van der Waals surface area contributed by atoms with Crippen LogP contribution in [0.15, 0.2) is 57.8 Å². The highest BCUT2D eigenvalue weighted by Crippen LogP contribution is 2.40. The van der Waals surface area contributed by atoms with E-state index in [4.69, 9.17) is 0 Å². The third kappa shape index (κ3) is 2.84. The average Bonchev–Trinajstić information content (AvgIpc) is 3.38. The Hall–Kier alpha value is -2.27. The van der Waals surface area contributed by atoms with Crippen LogP contribution in [0.2, 0.25) is 0 Å². The van der Waals surface area contributed by atoms with Gasteiger partial charge in [-0.25, -0.2) is 18.2 Å². The summed E-state index contributed by atoms with van der Waals surface area (Å²) >= 11 is 2.40. The molecule has 2 aliphatic rings. The second-order valence-electron chi connectivity index (χ2n) is 6.61. The van der Waals surface area contributed by atoms with Gasteiger partial charge in [0, 0.05) is 18.6 Å². The summed E-state index contributed by atoms with van der Waals surface area (Å²) in [7, 11) is -2.53. The van der Waals surface area contributed by atoms with Crippen LogP contribution in [0.25, 0.3) is 5.70 Å². The molecule has 1 aliphatic carbocycles. The number of likely N-dealkylation sites (N-methyl/N-ethyl adjacent to an activating group) is 1. The van der Waals surface area contributed by atoms with Gasteiger partial charge in [-0.05, 0) is 30.0 Å². The van der Waals surface area contributed by atoms with Crippen molar-refractivity contribution in [2.75, 3.05) is 7.05 Å². The highest BCUT2D eigenvalue weighted by molar-refractivity contribution is 7.89. The molecule has 0 fully saturated rings. The summed E-state index contributed by atoms with van der Waals surface area (Å²) in [4.78, 5) is 15.4. The van der Waals surface area contributed by atoms with E-state index in [2.05, 4.69) is 10.3 Å². The molecule has 0 spiro atoms.